The smallest absolute Gasteiger partial charge is 0.340 e. The van der Waals surface area contributed by atoms with E-state index in [-0.39, 0.29) is 56.7 Å². The first kappa shape index (κ1) is 23.8. The number of hydrogen-bond donors (Lipinski definition) is 0. The molecule has 164 valence electrons. The second-order valence-corrected chi connectivity index (χ2v) is 9.19. The topological polar surface area (TPSA) is 57.7 Å². The second-order valence-electron chi connectivity index (χ2n) is 6.27. The number of halogens is 6. The van der Waals surface area contributed by atoms with E-state index in [1.54, 1.807) is 0 Å². The molecule has 0 saturated carbocycles. The molecule has 0 unspecified atom stereocenters. The summed E-state index contributed by atoms with van der Waals surface area (Å²) in [5, 5.41) is 0. The van der Waals surface area contributed by atoms with Gasteiger partial charge < -0.3 is 4.90 Å². The molecule has 1 amide bonds. The van der Waals surface area contributed by atoms with Crippen LogP contribution in [0.5, 0.6) is 0 Å². The molecule has 1 aliphatic rings. The zero-order valence-corrected chi connectivity index (χ0v) is 16.8. The minimum absolute atomic E-state index is 0.0114. The molecule has 0 aromatic heterocycles. The van der Waals surface area contributed by atoms with Gasteiger partial charge in [-0.1, -0.05) is 0 Å². The summed E-state index contributed by atoms with van der Waals surface area (Å²) in [6.07, 6.45) is -8.21. The van der Waals surface area contributed by atoms with Gasteiger partial charge in [0.25, 0.3) is 0 Å². The summed E-state index contributed by atoms with van der Waals surface area (Å²) in [6, 6.07) is 0.266. The Morgan fingerprint density at radius 3 is 1.86 bits per heavy atom. The van der Waals surface area contributed by atoms with Crippen LogP contribution in [0.3, 0.4) is 0 Å². The van der Waals surface area contributed by atoms with Crippen molar-refractivity contribution in [2.75, 3.05) is 38.2 Å². The molecule has 0 bridgehead atoms. The summed E-state index contributed by atoms with van der Waals surface area (Å²) >= 11 is 1.46. The van der Waals surface area contributed by atoms with Crippen molar-refractivity contribution in [1.29, 1.82) is 0 Å². The van der Waals surface area contributed by atoms with Gasteiger partial charge in [0.1, 0.15) is 0 Å². The fraction of sp³-hybridized carbons (Fsp3) is 0.562. The Labute approximate surface area is 168 Å². The zero-order chi connectivity index (χ0) is 22.0. The van der Waals surface area contributed by atoms with Crippen molar-refractivity contribution < 1.29 is 39.6 Å². The van der Waals surface area contributed by atoms with E-state index in [4.69, 9.17) is 0 Å². The highest BCUT2D eigenvalue weighted by atomic mass is 32.2. The maximum absolute atomic E-state index is 13.0. The third kappa shape index (κ3) is 5.79. The van der Waals surface area contributed by atoms with Crippen LogP contribution in [0.25, 0.3) is 0 Å². The monoisotopic (exact) mass is 464 g/mol. The van der Waals surface area contributed by atoms with Gasteiger partial charge in [-0.05, 0) is 24.5 Å². The van der Waals surface area contributed by atoms with E-state index in [0.717, 1.165) is 4.31 Å². The molecule has 0 radical (unpaired) electrons. The van der Waals surface area contributed by atoms with E-state index in [1.807, 2.05) is 6.26 Å². The second kappa shape index (κ2) is 8.72. The Bertz CT molecular complexity index is 815. The molecule has 1 aliphatic heterocycles. The summed E-state index contributed by atoms with van der Waals surface area (Å²) in [5.41, 5.74) is -3.39. The van der Waals surface area contributed by atoms with E-state index in [9.17, 15) is 39.6 Å². The molecule has 29 heavy (non-hydrogen) atoms. The molecule has 5 nitrogen and oxygen atoms in total. The lowest BCUT2D eigenvalue weighted by Crippen LogP contribution is -2.50. The number of piperazine rings is 1. The highest BCUT2D eigenvalue weighted by Crippen LogP contribution is 2.37. The van der Waals surface area contributed by atoms with Crippen molar-refractivity contribution in [3.8, 4) is 0 Å². The van der Waals surface area contributed by atoms with E-state index in [0.29, 0.717) is 5.75 Å². The van der Waals surface area contributed by atoms with Crippen molar-refractivity contribution >= 4 is 27.7 Å². The standard InChI is InChI=1S/C16H18F6N2O3S2/c1-28-7-2-14(25)23-3-5-24(6-4-23)29(26,27)13-9-11(15(17,18)19)8-12(10-13)16(20,21)22/h8-10H,2-7H2,1H3. The van der Waals surface area contributed by atoms with Crippen LogP contribution in [0.15, 0.2) is 23.1 Å². The third-order valence-electron chi connectivity index (χ3n) is 4.31. The van der Waals surface area contributed by atoms with E-state index in [1.165, 1.54) is 16.7 Å². The number of thioether (sulfide) groups is 1. The molecular weight excluding hydrogens is 446 g/mol. The van der Waals surface area contributed by atoms with Crippen LogP contribution in [0.1, 0.15) is 17.5 Å². The van der Waals surface area contributed by atoms with Gasteiger partial charge in [0.05, 0.1) is 16.0 Å². The molecule has 1 aromatic carbocycles. The van der Waals surface area contributed by atoms with Crippen molar-refractivity contribution in [1.82, 2.24) is 9.21 Å². The molecule has 1 aromatic rings. The Balaban J connectivity index is 2.29. The molecule has 1 fully saturated rings. The van der Waals surface area contributed by atoms with E-state index in [2.05, 4.69) is 0 Å². The molecule has 0 aliphatic carbocycles. The Kier molecular flexibility index (Phi) is 7.16. The van der Waals surface area contributed by atoms with Crippen molar-refractivity contribution in [2.24, 2.45) is 0 Å². The van der Waals surface area contributed by atoms with Crippen LogP contribution >= 0.6 is 11.8 Å². The lowest BCUT2D eigenvalue weighted by Gasteiger charge is -2.34. The van der Waals surface area contributed by atoms with Gasteiger partial charge in [0, 0.05) is 38.4 Å². The number of benzene rings is 1. The molecule has 0 N–H and O–H groups in total. The van der Waals surface area contributed by atoms with Crippen LogP contribution < -0.4 is 0 Å². The van der Waals surface area contributed by atoms with E-state index >= 15 is 0 Å². The first-order chi connectivity index (χ1) is 13.3. The Morgan fingerprint density at radius 1 is 0.966 bits per heavy atom. The van der Waals surface area contributed by atoms with Crippen molar-refractivity contribution in [3.63, 3.8) is 0 Å². The lowest BCUT2D eigenvalue weighted by atomic mass is 10.1. The van der Waals surface area contributed by atoms with Crippen molar-refractivity contribution in [2.45, 2.75) is 23.7 Å². The van der Waals surface area contributed by atoms with Crippen LogP contribution in [0.2, 0.25) is 0 Å². The van der Waals surface area contributed by atoms with Gasteiger partial charge in [-0.25, -0.2) is 8.42 Å². The maximum atomic E-state index is 13.0. The van der Waals surface area contributed by atoms with Gasteiger partial charge in [-0.15, -0.1) is 0 Å². The summed E-state index contributed by atoms with van der Waals surface area (Å²) in [4.78, 5) is 12.3. The predicted molar refractivity (Wildman–Crippen MR) is 94.8 cm³/mol. The number of alkyl halides is 6. The molecule has 1 saturated heterocycles. The first-order valence-corrected chi connectivity index (χ1v) is 11.2. The van der Waals surface area contributed by atoms with Crippen LogP contribution in [0, 0.1) is 0 Å². The average Bonchev–Trinajstić information content (AvgIpc) is 2.64. The SMILES string of the molecule is CSCCC(=O)N1CCN(S(=O)(=O)c2cc(C(F)(F)F)cc(C(F)(F)F)c2)CC1. The van der Waals surface area contributed by atoms with Gasteiger partial charge >= 0.3 is 12.4 Å². The Morgan fingerprint density at radius 2 is 1.45 bits per heavy atom. The minimum atomic E-state index is -5.14. The fourth-order valence-corrected chi connectivity index (χ4v) is 4.62. The number of sulfonamides is 1. The van der Waals surface area contributed by atoms with Gasteiger partial charge in [0.2, 0.25) is 15.9 Å². The quantitative estimate of drug-likeness (QED) is 0.628. The van der Waals surface area contributed by atoms with Crippen LogP contribution in [-0.4, -0.2) is 61.7 Å². The molecule has 2 rings (SSSR count). The van der Waals surface area contributed by atoms with Crippen LogP contribution in [-0.2, 0) is 27.2 Å². The molecule has 0 atom stereocenters. The summed E-state index contributed by atoms with van der Waals surface area (Å²) < 4.78 is 104. The summed E-state index contributed by atoms with van der Waals surface area (Å²) in [7, 11) is -4.60. The zero-order valence-electron chi connectivity index (χ0n) is 15.2. The normalized spacial score (nSPS) is 16.9. The molecule has 13 heteroatoms. The number of carbonyl (C=O) groups is 1. The highest BCUT2D eigenvalue weighted by Gasteiger charge is 2.39. The lowest BCUT2D eigenvalue weighted by molar-refractivity contribution is -0.143. The first-order valence-electron chi connectivity index (χ1n) is 8.33. The average molecular weight is 464 g/mol. The summed E-state index contributed by atoms with van der Waals surface area (Å²) in [5.74, 6) is 0.400. The maximum Gasteiger partial charge on any atom is 0.416 e. The summed E-state index contributed by atoms with van der Waals surface area (Å²) in [6.45, 7) is -0.412. The van der Waals surface area contributed by atoms with Gasteiger partial charge in [-0.2, -0.15) is 42.4 Å². The number of carbonyl (C=O) groups excluding carboxylic acids is 1. The molecular formula is C16H18F6N2O3S2. The predicted octanol–water partition coefficient (Wildman–Crippen LogP) is 3.31. The largest absolute Gasteiger partial charge is 0.416 e. The van der Waals surface area contributed by atoms with Crippen LogP contribution in [0.4, 0.5) is 26.3 Å². The highest BCUT2D eigenvalue weighted by molar-refractivity contribution is 7.98. The number of amides is 1. The Hall–Kier alpha value is -1.47. The number of hydrogen-bond acceptors (Lipinski definition) is 4. The van der Waals surface area contributed by atoms with Crippen molar-refractivity contribution in [3.05, 3.63) is 29.3 Å². The van der Waals surface area contributed by atoms with E-state index < -0.39 is 38.4 Å². The van der Waals surface area contributed by atoms with Gasteiger partial charge in [-0.3, -0.25) is 4.79 Å². The minimum Gasteiger partial charge on any atom is -0.340 e. The van der Waals surface area contributed by atoms with Gasteiger partial charge in [0.15, 0.2) is 0 Å². The fourth-order valence-electron chi connectivity index (χ4n) is 2.75. The molecule has 0 spiro atoms. The third-order valence-corrected chi connectivity index (χ3v) is 6.80. The number of rotatable bonds is 5. The number of nitrogens with zero attached hydrogens (tertiary/aromatic N) is 2. The molecule has 1 heterocycles.